The van der Waals surface area contributed by atoms with Crippen LogP contribution in [-0.2, 0) is 4.79 Å². The van der Waals surface area contributed by atoms with Crippen LogP contribution in [0.5, 0.6) is 0 Å². The van der Waals surface area contributed by atoms with Gasteiger partial charge in [0.05, 0.1) is 4.92 Å². The quantitative estimate of drug-likeness (QED) is 0.416. The van der Waals surface area contributed by atoms with E-state index in [1.807, 2.05) is 6.92 Å². The summed E-state index contributed by atoms with van der Waals surface area (Å²) < 4.78 is 0. The average molecular weight is 293 g/mol. The smallest absolute Gasteiger partial charge is 0.269 e. The summed E-state index contributed by atoms with van der Waals surface area (Å²) in [6.45, 7) is 5.93. The maximum absolute atomic E-state index is 12.0. The molecule has 0 fully saturated rings. The lowest BCUT2D eigenvalue weighted by molar-refractivity contribution is -0.384. The van der Waals surface area contributed by atoms with Crippen LogP contribution >= 0.6 is 0 Å². The number of non-ortho nitro benzene ring substituents is 1. The minimum absolute atomic E-state index is 0.0167. The minimum atomic E-state index is -0.461. The summed E-state index contributed by atoms with van der Waals surface area (Å²) in [5.74, 6) is -0.136. The standard InChI is InChI=1S/C15H23N3O3/c1-3-10-16-11-4-5-12(2)15(19)17-13-6-8-14(9-7-13)18(20)21/h6-9,12,16H,3-5,10-11H2,1-2H3,(H,17,19)/t12-/m0/s1. The third kappa shape index (κ3) is 6.35. The number of nitrogens with one attached hydrogen (secondary N) is 2. The van der Waals surface area contributed by atoms with Gasteiger partial charge < -0.3 is 10.6 Å². The Balaban J connectivity index is 2.36. The number of amides is 1. The van der Waals surface area contributed by atoms with E-state index in [2.05, 4.69) is 17.6 Å². The fraction of sp³-hybridized carbons (Fsp3) is 0.533. The average Bonchev–Trinajstić information content (AvgIpc) is 2.47. The van der Waals surface area contributed by atoms with Gasteiger partial charge in [0.2, 0.25) is 5.91 Å². The van der Waals surface area contributed by atoms with E-state index in [0.717, 1.165) is 32.4 Å². The molecule has 0 saturated heterocycles. The first-order valence-corrected chi connectivity index (χ1v) is 7.30. The van der Waals surface area contributed by atoms with Crippen LogP contribution in [0.1, 0.15) is 33.1 Å². The predicted octanol–water partition coefficient (Wildman–Crippen LogP) is 2.95. The molecule has 0 aromatic heterocycles. The number of hydrogen-bond acceptors (Lipinski definition) is 4. The molecule has 2 N–H and O–H groups in total. The summed E-state index contributed by atoms with van der Waals surface area (Å²) in [4.78, 5) is 22.1. The van der Waals surface area contributed by atoms with Crippen molar-refractivity contribution in [1.82, 2.24) is 5.32 Å². The summed E-state index contributed by atoms with van der Waals surface area (Å²) in [6, 6.07) is 5.86. The van der Waals surface area contributed by atoms with E-state index >= 15 is 0 Å². The van der Waals surface area contributed by atoms with Crippen LogP contribution in [-0.4, -0.2) is 23.9 Å². The molecule has 116 valence electrons. The fourth-order valence-electron chi connectivity index (χ4n) is 1.90. The number of nitro benzene ring substituents is 1. The lowest BCUT2D eigenvalue weighted by Gasteiger charge is -2.12. The van der Waals surface area contributed by atoms with Gasteiger partial charge in [-0.2, -0.15) is 0 Å². The molecular formula is C15H23N3O3. The zero-order chi connectivity index (χ0) is 15.7. The van der Waals surface area contributed by atoms with Gasteiger partial charge in [0.25, 0.3) is 5.69 Å². The van der Waals surface area contributed by atoms with Gasteiger partial charge in [-0.3, -0.25) is 14.9 Å². The number of nitro groups is 1. The Morgan fingerprint density at radius 1 is 1.29 bits per heavy atom. The normalized spacial score (nSPS) is 11.9. The lowest BCUT2D eigenvalue weighted by Crippen LogP contribution is -2.22. The molecule has 0 saturated carbocycles. The molecule has 21 heavy (non-hydrogen) atoms. The van der Waals surface area contributed by atoms with E-state index in [4.69, 9.17) is 0 Å². The molecule has 0 aliphatic heterocycles. The number of benzene rings is 1. The molecule has 0 aliphatic carbocycles. The summed E-state index contributed by atoms with van der Waals surface area (Å²) in [7, 11) is 0. The van der Waals surface area contributed by atoms with E-state index in [0.29, 0.717) is 5.69 Å². The van der Waals surface area contributed by atoms with E-state index in [1.165, 1.54) is 12.1 Å². The van der Waals surface area contributed by atoms with Crippen LogP contribution in [0, 0.1) is 16.0 Å². The number of carbonyl (C=O) groups excluding carboxylic acids is 1. The predicted molar refractivity (Wildman–Crippen MR) is 83.3 cm³/mol. The molecule has 0 bridgehead atoms. The van der Waals surface area contributed by atoms with Crippen LogP contribution in [0.3, 0.4) is 0 Å². The largest absolute Gasteiger partial charge is 0.326 e. The topological polar surface area (TPSA) is 84.3 Å². The molecule has 1 rings (SSSR count). The molecule has 0 heterocycles. The van der Waals surface area contributed by atoms with Crippen molar-refractivity contribution >= 4 is 17.3 Å². The van der Waals surface area contributed by atoms with Gasteiger partial charge in [0.1, 0.15) is 0 Å². The Morgan fingerprint density at radius 3 is 2.52 bits per heavy atom. The first-order chi connectivity index (χ1) is 10.0. The van der Waals surface area contributed by atoms with Gasteiger partial charge in [-0.15, -0.1) is 0 Å². The van der Waals surface area contributed by atoms with Crippen LogP contribution in [0.4, 0.5) is 11.4 Å². The highest BCUT2D eigenvalue weighted by atomic mass is 16.6. The second-order valence-electron chi connectivity index (χ2n) is 5.09. The van der Waals surface area contributed by atoms with Crippen molar-refractivity contribution in [2.24, 2.45) is 5.92 Å². The second kappa shape index (κ2) is 9.07. The van der Waals surface area contributed by atoms with Gasteiger partial charge in [-0.05, 0) is 44.5 Å². The van der Waals surface area contributed by atoms with Crippen molar-refractivity contribution in [2.45, 2.75) is 33.1 Å². The molecule has 1 atom stereocenters. The van der Waals surface area contributed by atoms with Crippen molar-refractivity contribution in [3.63, 3.8) is 0 Å². The van der Waals surface area contributed by atoms with Gasteiger partial charge in [0.15, 0.2) is 0 Å². The number of carbonyl (C=O) groups is 1. The number of nitrogens with zero attached hydrogens (tertiary/aromatic N) is 1. The Kier molecular flexibility index (Phi) is 7.39. The molecule has 0 unspecified atom stereocenters. The van der Waals surface area contributed by atoms with Crippen LogP contribution in [0.15, 0.2) is 24.3 Å². The SMILES string of the molecule is CCCNCCC[C@H](C)C(=O)Nc1ccc([N+](=O)[O-])cc1. The summed E-state index contributed by atoms with van der Waals surface area (Å²) in [5.41, 5.74) is 0.601. The van der Waals surface area contributed by atoms with Gasteiger partial charge in [-0.25, -0.2) is 0 Å². The van der Waals surface area contributed by atoms with E-state index in [9.17, 15) is 14.9 Å². The van der Waals surface area contributed by atoms with Crippen LogP contribution < -0.4 is 10.6 Å². The first-order valence-electron chi connectivity index (χ1n) is 7.30. The van der Waals surface area contributed by atoms with Crippen molar-refractivity contribution in [3.8, 4) is 0 Å². The molecule has 6 nitrogen and oxygen atoms in total. The first kappa shape index (κ1) is 17.1. The lowest BCUT2D eigenvalue weighted by atomic mass is 10.0. The molecule has 0 aliphatic rings. The molecule has 0 radical (unpaired) electrons. The minimum Gasteiger partial charge on any atom is -0.326 e. The Labute approximate surface area is 125 Å². The molecular weight excluding hydrogens is 270 g/mol. The van der Waals surface area contributed by atoms with Crippen LogP contribution in [0.25, 0.3) is 0 Å². The maximum atomic E-state index is 12.0. The van der Waals surface area contributed by atoms with Crippen molar-refractivity contribution in [2.75, 3.05) is 18.4 Å². The van der Waals surface area contributed by atoms with Gasteiger partial charge in [-0.1, -0.05) is 13.8 Å². The van der Waals surface area contributed by atoms with E-state index in [1.54, 1.807) is 12.1 Å². The fourth-order valence-corrected chi connectivity index (χ4v) is 1.90. The zero-order valence-electron chi connectivity index (χ0n) is 12.6. The highest BCUT2D eigenvalue weighted by Crippen LogP contribution is 2.16. The van der Waals surface area contributed by atoms with Crippen molar-refractivity contribution in [3.05, 3.63) is 34.4 Å². The van der Waals surface area contributed by atoms with E-state index in [-0.39, 0.29) is 17.5 Å². The second-order valence-corrected chi connectivity index (χ2v) is 5.09. The molecule has 1 aromatic rings. The van der Waals surface area contributed by atoms with Crippen molar-refractivity contribution < 1.29 is 9.72 Å². The zero-order valence-corrected chi connectivity index (χ0v) is 12.6. The monoisotopic (exact) mass is 293 g/mol. The maximum Gasteiger partial charge on any atom is 0.269 e. The van der Waals surface area contributed by atoms with Gasteiger partial charge >= 0.3 is 0 Å². The molecule has 0 spiro atoms. The summed E-state index contributed by atoms with van der Waals surface area (Å²) >= 11 is 0. The Bertz CT molecular complexity index is 460. The third-order valence-corrected chi connectivity index (χ3v) is 3.21. The van der Waals surface area contributed by atoms with E-state index < -0.39 is 4.92 Å². The molecule has 1 amide bonds. The number of anilines is 1. The van der Waals surface area contributed by atoms with Gasteiger partial charge in [0, 0.05) is 23.7 Å². The highest BCUT2D eigenvalue weighted by molar-refractivity contribution is 5.92. The summed E-state index contributed by atoms with van der Waals surface area (Å²) in [5, 5.41) is 16.6. The highest BCUT2D eigenvalue weighted by Gasteiger charge is 2.13. The number of rotatable bonds is 9. The summed E-state index contributed by atoms with van der Waals surface area (Å²) in [6.07, 6.45) is 2.88. The van der Waals surface area contributed by atoms with Crippen LogP contribution in [0.2, 0.25) is 0 Å². The third-order valence-electron chi connectivity index (χ3n) is 3.21. The molecule has 6 heteroatoms. The Hall–Kier alpha value is -1.95. The Morgan fingerprint density at radius 2 is 1.95 bits per heavy atom. The molecule has 1 aromatic carbocycles. The van der Waals surface area contributed by atoms with Crippen molar-refractivity contribution in [1.29, 1.82) is 0 Å². The number of hydrogen-bond donors (Lipinski definition) is 2.